The topological polar surface area (TPSA) is 70.7 Å². The Morgan fingerprint density at radius 1 is 1.17 bits per heavy atom. The first-order valence-corrected chi connectivity index (χ1v) is 7.72. The van der Waals surface area contributed by atoms with Crippen molar-refractivity contribution in [1.82, 2.24) is 20.3 Å². The third kappa shape index (κ3) is 2.46. The number of carbonyl (C=O) groups is 1. The highest BCUT2D eigenvalue weighted by atomic mass is 19.1. The molecule has 0 atom stereocenters. The molecule has 1 aromatic carbocycles. The molecule has 0 unspecified atom stereocenters. The van der Waals surface area contributed by atoms with Crippen molar-refractivity contribution in [3.05, 3.63) is 59.2 Å². The molecule has 0 bridgehead atoms. The van der Waals surface area contributed by atoms with Crippen LogP contribution in [0.1, 0.15) is 21.6 Å². The smallest absolute Gasteiger partial charge is 0.253 e. The summed E-state index contributed by atoms with van der Waals surface area (Å²) in [6, 6.07) is 8.37. The molecule has 3 heterocycles. The monoisotopic (exact) mass is 322 g/mol. The van der Waals surface area contributed by atoms with Crippen molar-refractivity contribution < 1.29 is 9.18 Å². The van der Waals surface area contributed by atoms with Gasteiger partial charge in [0.15, 0.2) is 5.82 Å². The predicted molar refractivity (Wildman–Crippen MR) is 88.0 cm³/mol. The minimum atomic E-state index is -0.358. The van der Waals surface area contributed by atoms with Gasteiger partial charge >= 0.3 is 0 Å². The maximum Gasteiger partial charge on any atom is 0.253 e. The van der Waals surface area contributed by atoms with Crippen LogP contribution in [0.25, 0.3) is 22.8 Å². The lowest BCUT2D eigenvalue weighted by atomic mass is 10.1. The van der Waals surface area contributed by atoms with E-state index in [4.69, 9.17) is 0 Å². The Bertz CT molecular complexity index is 948. The third-order valence-electron chi connectivity index (χ3n) is 4.10. The molecule has 4 rings (SSSR count). The maximum atomic E-state index is 14.1. The number of nitrogens with one attached hydrogen (secondary N) is 2. The van der Waals surface area contributed by atoms with Crippen LogP contribution in [0, 0.1) is 12.7 Å². The van der Waals surface area contributed by atoms with Crippen molar-refractivity contribution >= 4 is 5.91 Å². The molecular weight excluding hydrogens is 307 g/mol. The zero-order valence-electron chi connectivity index (χ0n) is 13.1. The van der Waals surface area contributed by atoms with Gasteiger partial charge < -0.3 is 10.3 Å². The van der Waals surface area contributed by atoms with E-state index < -0.39 is 0 Å². The van der Waals surface area contributed by atoms with Gasteiger partial charge in [-0.25, -0.2) is 14.4 Å². The molecule has 0 radical (unpaired) electrons. The fraction of sp³-hybridized carbons (Fsp3) is 0.167. The number of hydrogen-bond donors (Lipinski definition) is 2. The van der Waals surface area contributed by atoms with Crippen LogP contribution in [0.5, 0.6) is 0 Å². The second-order valence-electron chi connectivity index (χ2n) is 5.83. The Kier molecular flexibility index (Phi) is 3.37. The van der Waals surface area contributed by atoms with Gasteiger partial charge in [-0.2, -0.15) is 0 Å². The molecule has 1 amide bonds. The first-order chi connectivity index (χ1) is 11.6. The van der Waals surface area contributed by atoms with Crippen molar-refractivity contribution in [2.75, 3.05) is 6.54 Å². The molecular formula is C18H15FN4O. The lowest BCUT2D eigenvalue weighted by Gasteiger charge is -2.10. The van der Waals surface area contributed by atoms with Gasteiger partial charge in [-0.15, -0.1) is 0 Å². The molecule has 0 aliphatic carbocycles. The second kappa shape index (κ2) is 5.56. The molecule has 3 aromatic rings. The number of aromatic nitrogens is 3. The molecule has 2 N–H and O–H groups in total. The Balaban J connectivity index is 1.78. The molecule has 1 aliphatic rings. The minimum absolute atomic E-state index is 0.0854. The molecule has 2 aromatic heterocycles. The summed E-state index contributed by atoms with van der Waals surface area (Å²) in [7, 11) is 0. The highest BCUT2D eigenvalue weighted by molar-refractivity contribution is 5.97. The molecule has 0 spiro atoms. The van der Waals surface area contributed by atoms with E-state index in [9.17, 15) is 9.18 Å². The quantitative estimate of drug-likeness (QED) is 0.762. The van der Waals surface area contributed by atoms with E-state index in [1.807, 2.05) is 6.92 Å². The normalized spacial score (nSPS) is 13.5. The van der Waals surface area contributed by atoms with E-state index >= 15 is 0 Å². The second-order valence-corrected chi connectivity index (χ2v) is 5.83. The summed E-state index contributed by atoms with van der Waals surface area (Å²) in [5, 5.41) is 2.81. The van der Waals surface area contributed by atoms with Gasteiger partial charge in [0, 0.05) is 24.9 Å². The van der Waals surface area contributed by atoms with Gasteiger partial charge in [0.2, 0.25) is 0 Å². The van der Waals surface area contributed by atoms with Crippen molar-refractivity contribution in [3.8, 4) is 22.8 Å². The summed E-state index contributed by atoms with van der Waals surface area (Å²) in [4.78, 5) is 23.8. The number of amides is 1. The molecule has 120 valence electrons. The van der Waals surface area contributed by atoms with Gasteiger partial charge in [-0.1, -0.05) is 11.6 Å². The summed E-state index contributed by atoms with van der Waals surface area (Å²) >= 11 is 0. The Hall–Kier alpha value is -3.02. The van der Waals surface area contributed by atoms with Gasteiger partial charge in [0.25, 0.3) is 5.91 Å². The van der Waals surface area contributed by atoms with E-state index in [-0.39, 0.29) is 11.7 Å². The number of hydrogen-bond acceptors (Lipinski definition) is 3. The van der Waals surface area contributed by atoms with Crippen LogP contribution >= 0.6 is 0 Å². The zero-order valence-corrected chi connectivity index (χ0v) is 13.1. The molecule has 1 aliphatic heterocycles. The summed E-state index contributed by atoms with van der Waals surface area (Å²) in [6.45, 7) is 2.51. The average molecular weight is 322 g/mol. The first-order valence-electron chi connectivity index (χ1n) is 7.72. The van der Waals surface area contributed by atoms with Crippen LogP contribution in [-0.2, 0) is 6.42 Å². The summed E-state index contributed by atoms with van der Waals surface area (Å²) in [6.07, 6.45) is 2.35. The van der Waals surface area contributed by atoms with Crippen molar-refractivity contribution in [3.63, 3.8) is 0 Å². The van der Waals surface area contributed by atoms with E-state index in [0.29, 0.717) is 29.2 Å². The van der Waals surface area contributed by atoms with E-state index in [2.05, 4.69) is 20.3 Å². The molecule has 6 heteroatoms. The lowest BCUT2D eigenvalue weighted by Crippen LogP contribution is -2.31. The fourth-order valence-corrected chi connectivity index (χ4v) is 2.88. The average Bonchev–Trinajstić information content (AvgIpc) is 3.03. The third-order valence-corrected chi connectivity index (χ3v) is 4.10. The van der Waals surface area contributed by atoms with Crippen molar-refractivity contribution in [2.24, 2.45) is 0 Å². The minimum Gasteiger partial charge on any atom is -0.356 e. The number of aryl methyl sites for hydroxylation is 1. The number of rotatable bonds is 2. The van der Waals surface area contributed by atoms with Crippen LogP contribution in [0.15, 0.2) is 36.5 Å². The maximum absolute atomic E-state index is 14.1. The number of benzene rings is 1. The van der Waals surface area contributed by atoms with Gasteiger partial charge in [0.1, 0.15) is 5.82 Å². The van der Waals surface area contributed by atoms with E-state index in [1.165, 1.54) is 6.07 Å². The summed E-state index contributed by atoms with van der Waals surface area (Å²) < 4.78 is 14.1. The van der Waals surface area contributed by atoms with Crippen LogP contribution in [0.3, 0.4) is 0 Å². The highest BCUT2D eigenvalue weighted by Gasteiger charge is 2.20. The largest absolute Gasteiger partial charge is 0.356 e. The number of fused-ring (bicyclic) bond motifs is 1. The Morgan fingerprint density at radius 2 is 2.04 bits per heavy atom. The van der Waals surface area contributed by atoms with Crippen molar-refractivity contribution in [1.29, 1.82) is 0 Å². The molecule has 0 fully saturated rings. The van der Waals surface area contributed by atoms with Crippen LogP contribution < -0.4 is 5.32 Å². The molecule has 5 nitrogen and oxygen atoms in total. The van der Waals surface area contributed by atoms with Crippen LogP contribution in [-0.4, -0.2) is 27.4 Å². The molecule has 0 saturated carbocycles. The lowest BCUT2D eigenvalue weighted by molar-refractivity contribution is 0.0946. The fourth-order valence-electron chi connectivity index (χ4n) is 2.88. The number of aromatic amines is 1. The standard InChI is InChI=1S/C18H15FN4O/c1-10-2-3-13(19)11(8-10)17-20-6-5-15(23-17)16-9-12-14(22-16)4-7-21-18(12)24/h2-3,5-6,8-9,22H,4,7H2,1H3,(H,21,24). The van der Waals surface area contributed by atoms with Crippen LogP contribution in [0.4, 0.5) is 4.39 Å². The highest BCUT2D eigenvalue weighted by Crippen LogP contribution is 2.25. The summed E-state index contributed by atoms with van der Waals surface area (Å²) in [5.74, 6) is -0.119. The van der Waals surface area contributed by atoms with Gasteiger partial charge in [0.05, 0.1) is 22.5 Å². The first kappa shape index (κ1) is 14.6. The Morgan fingerprint density at radius 3 is 2.88 bits per heavy atom. The zero-order chi connectivity index (χ0) is 16.7. The predicted octanol–water partition coefficient (Wildman–Crippen LogP) is 2.87. The number of H-pyrrole nitrogens is 1. The molecule has 0 saturated heterocycles. The van der Waals surface area contributed by atoms with Gasteiger partial charge in [-0.3, -0.25) is 4.79 Å². The van der Waals surface area contributed by atoms with Gasteiger partial charge in [-0.05, 0) is 31.2 Å². The van der Waals surface area contributed by atoms with Crippen molar-refractivity contribution in [2.45, 2.75) is 13.3 Å². The molecule has 24 heavy (non-hydrogen) atoms. The van der Waals surface area contributed by atoms with E-state index in [0.717, 1.165) is 23.4 Å². The van der Waals surface area contributed by atoms with Crippen LogP contribution in [0.2, 0.25) is 0 Å². The SMILES string of the molecule is Cc1ccc(F)c(-c2nccc(-c3cc4c([nH]3)CCNC4=O)n2)c1. The summed E-state index contributed by atoms with van der Waals surface area (Å²) in [5.41, 5.74) is 4.20. The van der Waals surface area contributed by atoms with E-state index in [1.54, 1.807) is 30.5 Å². The Labute approximate surface area is 138 Å². The number of carbonyl (C=O) groups excluding carboxylic acids is 1. The number of nitrogens with zero attached hydrogens (tertiary/aromatic N) is 2. The number of halogens is 1.